The van der Waals surface area contributed by atoms with Crippen molar-refractivity contribution in [3.05, 3.63) is 0 Å². The van der Waals surface area contributed by atoms with Crippen LogP contribution in [0.25, 0.3) is 0 Å². The molecule has 0 aliphatic heterocycles. The molecule has 0 bridgehead atoms. The van der Waals surface area contributed by atoms with E-state index >= 15 is 0 Å². The van der Waals surface area contributed by atoms with Gasteiger partial charge in [0.25, 0.3) is 0 Å². The quantitative estimate of drug-likeness (QED) is 0.698. The molecule has 1 aliphatic carbocycles. The Morgan fingerprint density at radius 2 is 2.27 bits per heavy atom. The molecule has 1 fully saturated rings. The van der Waals surface area contributed by atoms with Crippen LogP contribution in [0, 0.1) is 17.2 Å². The maximum Gasteiger partial charge on any atom is 0.410 e. The third-order valence-electron chi connectivity index (χ3n) is 2.23. The van der Waals surface area contributed by atoms with E-state index in [1.165, 1.54) is 0 Å². The van der Waals surface area contributed by atoms with Gasteiger partial charge in [0.05, 0.1) is 19.1 Å². The number of rotatable bonds is 5. The first-order valence-corrected chi connectivity index (χ1v) is 5.45. The van der Waals surface area contributed by atoms with E-state index in [0.717, 1.165) is 12.8 Å². The van der Waals surface area contributed by atoms with Gasteiger partial charge in [0.2, 0.25) is 0 Å². The lowest BCUT2D eigenvalue weighted by Gasteiger charge is -2.21. The van der Waals surface area contributed by atoms with Gasteiger partial charge >= 0.3 is 6.09 Å². The predicted octanol–water partition coefficient (Wildman–Crippen LogP) is 2.16. The maximum atomic E-state index is 11.6. The molecule has 1 amide bonds. The van der Waals surface area contributed by atoms with E-state index in [1.54, 1.807) is 4.90 Å². The molecule has 0 radical (unpaired) electrons. The first-order chi connectivity index (χ1) is 7.15. The molecular weight excluding hydrogens is 192 g/mol. The highest BCUT2D eigenvalue weighted by molar-refractivity contribution is 5.68. The van der Waals surface area contributed by atoms with Gasteiger partial charge in [-0.1, -0.05) is 13.8 Å². The molecule has 84 valence electrons. The molecule has 0 aromatic carbocycles. The molecular formula is C11H18N2O2. The number of hydrogen-bond acceptors (Lipinski definition) is 3. The van der Waals surface area contributed by atoms with Gasteiger partial charge in [-0.05, 0) is 18.8 Å². The molecule has 0 saturated heterocycles. The lowest BCUT2D eigenvalue weighted by molar-refractivity contribution is 0.0903. The zero-order chi connectivity index (χ0) is 11.3. The Balaban J connectivity index is 2.34. The van der Waals surface area contributed by atoms with Crippen LogP contribution in [0.4, 0.5) is 4.79 Å². The smallest absolute Gasteiger partial charge is 0.410 e. The lowest BCUT2D eigenvalue weighted by Crippen LogP contribution is -2.35. The number of carbonyl (C=O) groups excluding carboxylic acids is 1. The van der Waals surface area contributed by atoms with Crippen LogP contribution in [0.15, 0.2) is 0 Å². The van der Waals surface area contributed by atoms with Crippen molar-refractivity contribution >= 4 is 6.09 Å². The minimum absolute atomic E-state index is 0.263. The molecule has 0 aromatic heterocycles. The fourth-order valence-electron chi connectivity index (χ4n) is 1.30. The highest BCUT2D eigenvalue weighted by Crippen LogP contribution is 2.27. The van der Waals surface area contributed by atoms with Crippen molar-refractivity contribution in [2.24, 2.45) is 5.92 Å². The Kier molecular flexibility index (Phi) is 4.41. The molecule has 4 heteroatoms. The van der Waals surface area contributed by atoms with E-state index in [9.17, 15) is 4.79 Å². The SMILES string of the molecule is CC(C)COC(=O)N(CCC#N)C1CC1. The van der Waals surface area contributed by atoms with Crippen molar-refractivity contribution in [3.8, 4) is 6.07 Å². The summed E-state index contributed by atoms with van der Waals surface area (Å²) in [6.07, 6.45) is 2.21. The van der Waals surface area contributed by atoms with Crippen LogP contribution in [0.2, 0.25) is 0 Å². The van der Waals surface area contributed by atoms with Crippen LogP contribution in [0.1, 0.15) is 33.1 Å². The standard InChI is InChI=1S/C11H18N2O2/c1-9(2)8-15-11(14)13(7-3-6-12)10-4-5-10/h9-10H,3-5,7-8H2,1-2H3. The monoisotopic (exact) mass is 210 g/mol. The fourth-order valence-corrected chi connectivity index (χ4v) is 1.30. The molecule has 4 nitrogen and oxygen atoms in total. The van der Waals surface area contributed by atoms with E-state index in [1.807, 2.05) is 13.8 Å². The number of hydrogen-bond donors (Lipinski definition) is 0. The molecule has 15 heavy (non-hydrogen) atoms. The van der Waals surface area contributed by atoms with Gasteiger partial charge in [-0.15, -0.1) is 0 Å². The zero-order valence-electron chi connectivity index (χ0n) is 9.40. The van der Waals surface area contributed by atoms with Crippen LogP contribution in [-0.2, 0) is 4.74 Å². The number of nitriles is 1. The maximum absolute atomic E-state index is 11.6. The highest BCUT2D eigenvalue weighted by Gasteiger charge is 2.33. The highest BCUT2D eigenvalue weighted by atomic mass is 16.6. The van der Waals surface area contributed by atoms with Gasteiger partial charge in [-0.2, -0.15) is 5.26 Å². The summed E-state index contributed by atoms with van der Waals surface area (Å²) < 4.78 is 5.14. The largest absolute Gasteiger partial charge is 0.449 e. The third kappa shape index (κ3) is 4.20. The topological polar surface area (TPSA) is 53.3 Å². The van der Waals surface area contributed by atoms with Crippen LogP contribution in [-0.4, -0.2) is 30.2 Å². The van der Waals surface area contributed by atoms with E-state index in [-0.39, 0.29) is 6.09 Å². The molecule has 1 aliphatic rings. The second-order valence-electron chi connectivity index (χ2n) is 4.30. The molecule has 0 atom stereocenters. The first-order valence-electron chi connectivity index (χ1n) is 5.45. The van der Waals surface area contributed by atoms with Crippen LogP contribution >= 0.6 is 0 Å². The van der Waals surface area contributed by atoms with Crippen LogP contribution < -0.4 is 0 Å². The van der Waals surface area contributed by atoms with Crippen molar-refractivity contribution in [3.63, 3.8) is 0 Å². The van der Waals surface area contributed by atoms with Gasteiger partial charge in [-0.3, -0.25) is 0 Å². The van der Waals surface area contributed by atoms with Crippen molar-refractivity contribution in [2.45, 2.75) is 39.2 Å². The predicted molar refractivity (Wildman–Crippen MR) is 56.1 cm³/mol. The summed E-state index contributed by atoms with van der Waals surface area (Å²) in [5.74, 6) is 0.353. The summed E-state index contributed by atoms with van der Waals surface area (Å²) in [5, 5.41) is 8.49. The van der Waals surface area contributed by atoms with Crippen LogP contribution in [0.5, 0.6) is 0 Å². The third-order valence-corrected chi connectivity index (χ3v) is 2.23. The summed E-state index contributed by atoms with van der Waals surface area (Å²) >= 11 is 0. The normalized spacial score (nSPS) is 14.8. The van der Waals surface area contributed by atoms with E-state index in [0.29, 0.717) is 31.5 Å². The first kappa shape index (κ1) is 11.8. The second kappa shape index (κ2) is 5.59. The average Bonchev–Trinajstić information content (AvgIpc) is 2.99. The molecule has 0 spiro atoms. The molecule has 0 unspecified atom stereocenters. The summed E-state index contributed by atoms with van der Waals surface area (Å²) in [4.78, 5) is 13.3. The molecule has 1 saturated carbocycles. The molecule has 0 N–H and O–H groups in total. The summed E-state index contributed by atoms with van der Waals surface area (Å²) in [5.41, 5.74) is 0. The average molecular weight is 210 g/mol. The summed E-state index contributed by atoms with van der Waals surface area (Å²) in [6, 6.07) is 2.37. The van der Waals surface area contributed by atoms with E-state index < -0.39 is 0 Å². The number of nitrogens with zero attached hydrogens (tertiary/aromatic N) is 2. The van der Waals surface area contributed by atoms with E-state index in [4.69, 9.17) is 10.00 Å². The Morgan fingerprint density at radius 3 is 2.73 bits per heavy atom. The van der Waals surface area contributed by atoms with Crippen molar-refractivity contribution < 1.29 is 9.53 Å². The molecule has 1 rings (SSSR count). The van der Waals surface area contributed by atoms with E-state index in [2.05, 4.69) is 6.07 Å². The van der Waals surface area contributed by atoms with Gasteiger partial charge in [0.15, 0.2) is 0 Å². The van der Waals surface area contributed by atoms with Gasteiger partial charge in [0, 0.05) is 12.6 Å². The number of carbonyl (C=O) groups is 1. The number of amides is 1. The lowest BCUT2D eigenvalue weighted by atomic mass is 10.2. The molecule has 0 aromatic rings. The Hall–Kier alpha value is -1.24. The van der Waals surface area contributed by atoms with Gasteiger partial charge in [-0.25, -0.2) is 4.79 Å². The molecule has 0 heterocycles. The Morgan fingerprint density at radius 1 is 1.60 bits per heavy atom. The minimum Gasteiger partial charge on any atom is -0.449 e. The van der Waals surface area contributed by atoms with Crippen molar-refractivity contribution in [2.75, 3.05) is 13.2 Å². The van der Waals surface area contributed by atoms with Crippen molar-refractivity contribution in [1.82, 2.24) is 4.90 Å². The van der Waals surface area contributed by atoms with Crippen molar-refractivity contribution in [1.29, 1.82) is 5.26 Å². The fraction of sp³-hybridized carbons (Fsp3) is 0.818. The van der Waals surface area contributed by atoms with Crippen LogP contribution in [0.3, 0.4) is 0 Å². The second-order valence-corrected chi connectivity index (χ2v) is 4.30. The minimum atomic E-state index is -0.263. The number of ether oxygens (including phenoxy) is 1. The Labute approximate surface area is 90.8 Å². The van der Waals surface area contributed by atoms with Gasteiger partial charge < -0.3 is 9.64 Å². The summed E-state index contributed by atoms with van der Waals surface area (Å²) in [6.45, 7) is 4.96. The van der Waals surface area contributed by atoms with Gasteiger partial charge in [0.1, 0.15) is 0 Å². The Bertz CT molecular complexity index is 254. The summed E-state index contributed by atoms with van der Waals surface area (Å²) in [7, 11) is 0. The zero-order valence-corrected chi connectivity index (χ0v) is 9.40.